The third-order valence-electron chi connectivity index (χ3n) is 5.30. The first-order chi connectivity index (χ1) is 12.8. The van der Waals surface area contributed by atoms with E-state index in [2.05, 4.69) is 45.9 Å². The first kappa shape index (κ1) is 17.6. The highest BCUT2D eigenvalue weighted by Gasteiger charge is 2.13. The van der Waals surface area contributed by atoms with Crippen LogP contribution in [0.4, 0.5) is 0 Å². The number of piperidine rings is 1. The maximum atomic E-state index is 6.19. The largest absolute Gasteiger partial charge is 0.328 e. The van der Waals surface area contributed by atoms with Crippen LogP contribution in [0.3, 0.4) is 0 Å². The van der Waals surface area contributed by atoms with Crippen LogP contribution in [0.15, 0.2) is 48.5 Å². The number of benzene rings is 2. The molecule has 1 fully saturated rings. The molecule has 4 rings (SSSR count). The summed E-state index contributed by atoms with van der Waals surface area (Å²) in [4.78, 5) is 7.51. The van der Waals surface area contributed by atoms with Gasteiger partial charge in [0.2, 0.25) is 0 Å². The van der Waals surface area contributed by atoms with Crippen LogP contribution in [0.5, 0.6) is 0 Å². The topological polar surface area (TPSA) is 21.1 Å². The molecule has 1 saturated heterocycles. The molecule has 26 heavy (non-hydrogen) atoms. The second-order valence-corrected chi connectivity index (χ2v) is 7.67. The Labute approximate surface area is 160 Å². The zero-order chi connectivity index (χ0) is 17.8. The number of hydrogen-bond donors (Lipinski definition) is 0. The molecule has 0 N–H and O–H groups in total. The molecule has 3 aromatic rings. The van der Waals surface area contributed by atoms with Gasteiger partial charge in [-0.2, -0.15) is 0 Å². The molecular weight excluding hydrogens is 342 g/mol. The summed E-state index contributed by atoms with van der Waals surface area (Å²) in [5, 5.41) is 0.752. The van der Waals surface area contributed by atoms with Gasteiger partial charge in [0, 0.05) is 18.0 Å². The number of rotatable bonds is 6. The maximum absolute atomic E-state index is 6.19. The van der Waals surface area contributed by atoms with Crippen molar-refractivity contribution in [2.45, 2.75) is 38.6 Å². The molecule has 0 aliphatic carbocycles. The van der Waals surface area contributed by atoms with Gasteiger partial charge in [0.05, 0.1) is 11.0 Å². The minimum atomic E-state index is 0.752. The van der Waals surface area contributed by atoms with E-state index in [0.29, 0.717) is 0 Å². The van der Waals surface area contributed by atoms with Gasteiger partial charge in [0.25, 0.3) is 0 Å². The van der Waals surface area contributed by atoms with Gasteiger partial charge in [-0.1, -0.05) is 48.4 Å². The smallest absolute Gasteiger partial charge is 0.114 e. The monoisotopic (exact) mass is 367 g/mol. The van der Waals surface area contributed by atoms with E-state index in [1.54, 1.807) is 0 Å². The minimum absolute atomic E-state index is 0.752. The van der Waals surface area contributed by atoms with Crippen LogP contribution in [-0.2, 0) is 13.0 Å². The molecule has 0 spiro atoms. The predicted octanol–water partition coefficient (Wildman–Crippen LogP) is 5.16. The van der Waals surface area contributed by atoms with Gasteiger partial charge in [0.15, 0.2) is 0 Å². The standard InChI is InChI=1S/C22H26ClN3/c23-19-10-11-21-20(17-19)24-22(16-18-8-3-1-4-9-18)26(21)15-7-14-25-12-5-2-6-13-25/h1,3-4,8-11,17H,2,5-7,12-16H2. The second kappa shape index (κ2) is 8.24. The van der Waals surface area contributed by atoms with Crippen molar-refractivity contribution in [2.75, 3.05) is 19.6 Å². The van der Waals surface area contributed by atoms with Crippen LogP contribution in [0.1, 0.15) is 37.1 Å². The Kier molecular flexibility index (Phi) is 5.57. The normalized spacial score (nSPS) is 15.6. The maximum Gasteiger partial charge on any atom is 0.114 e. The molecule has 1 aromatic heterocycles. The van der Waals surface area contributed by atoms with E-state index in [1.807, 2.05) is 12.1 Å². The van der Waals surface area contributed by atoms with Crippen molar-refractivity contribution < 1.29 is 0 Å². The average Bonchev–Trinajstić information content (AvgIpc) is 3.00. The Hall–Kier alpha value is -1.84. The first-order valence-corrected chi connectivity index (χ1v) is 10.1. The van der Waals surface area contributed by atoms with Crippen LogP contribution >= 0.6 is 11.6 Å². The Balaban J connectivity index is 1.55. The Morgan fingerprint density at radius 2 is 1.73 bits per heavy atom. The minimum Gasteiger partial charge on any atom is -0.328 e. The number of hydrogen-bond acceptors (Lipinski definition) is 2. The summed E-state index contributed by atoms with van der Waals surface area (Å²) < 4.78 is 2.39. The molecule has 0 atom stereocenters. The number of imidazole rings is 1. The number of fused-ring (bicyclic) bond motifs is 1. The van der Waals surface area contributed by atoms with Gasteiger partial charge < -0.3 is 9.47 Å². The van der Waals surface area contributed by atoms with E-state index in [0.717, 1.165) is 35.8 Å². The summed E-state index contributed by atoms with van der Waals surface area (Å²) in [5.74, 6) is 1.13. The molecule has 4 heteroatoms. The van der Waals surface area contributed by atoms with Gasteiger partial charge in [-0.3, -0.25) is 0 Å². The van der Waals surface area contributed by atoms with E-state index in [-0.39, 0.29) is 0 Å². The van der Waals surface area contributed by atoms with Gasteiger partial charge in [-0.15, -0.1) is 0 Å². The number of aromatic nitrogens is 2. The van der Waals surface area contributed by atoms with Gasteiger partial charge in [0.1, 0.15) is 5.82 Å². The van der Waals surface area contributed by atoms with Gasteiger partial charge in [-0.25, -0.2) is 4.98 Å². The highest BCUT2D eigenvalue weighted by atomic mass is 35.5. The zero-order valence-electron chi connectivity index (χ0n) is 15.2. The van der Waals surface area contributed by atoms with Crippen LogP contribution < -0.4 is 0 Å². The van der Waals surface area contributed by atoms with E-state index < -0.39 is 0 Å². The van der Waals surface area contributed by atoms with Crippen molar-refractivity contribution >= 4 is 22.6 Å². The van der Waals surface area contributed by atoms with Crippen LogP contribution in [0.2, 0.25) is 5.02 Å². The number of aryl methyl sites for hydroxylation is 1. The molecule has 0 bridgehead atoms. The molecule has 3 nitrogen and oxygen atoms in total. The van der Waals surface area contributed by atoms with Gasteiger partial charge >= 0.3 is 0 Å². The van der Waals surface area contributed by atoms with Crippen molar-refractivity contribution in [1.29, 1.82) is 0 Å². The summed E-state index contributed by atoms with van der Waals surface area (Å²) >= 11 is 6.19. The fraction of sp³-hybridized carbons (Fsp3) is 0.409. The molecule has 0 amide bonds. The molecule has 2 aromatic carbocycles. The lowest BCUT2D eigenvalue weighted by molar-refractivity contribution is 0.223. The third-order valence-corrected chi connectivity index (χ3v) is 5.53. The Morgan fingerprint density at radius 3 is 2.54 bits per heavy atom. The number of halogens is 1. The molecule has 0 radical (unpaired) electrons. The van der Waals surface area contributed by atoms with Crippen LogP contribution in [0.25, 0.3) is 11.0 Å². The number of likely N-dealkylation sites (tertiary alicyclic amines) is 1. The summed E-state index contributed by atoms with van der Waals surface area (Å²) in [6, 6.07) is 16.6. The summed E-state index contributed by atoms with van der Waals surface area (Å²) in [6.07, 6.45) is 6.12. The molecule has 2 heterocycles. The van der Waals surface area contributed by atoms with E-state index in [4.69, 9.17) is 16.6 Å². The van der Waals surface area contributed by atoms with E-state index in [1.165, 1.54) is 50.0 Å². The lowest BCUT2D eigenvalue weighted by Gasteiger charge is -2.26. The SMILES string of the molecule is Clc1ccc2c(c1)nc(Cc1ccccc1)n2CCCN1CCCCC1. The van der Waals surface area contributed by atoms with Crippen LogP contribution in [0, 0.1) is 0 Å². The summed E-state index contributed by atoms with van der Waals surface area (Å²) in [5.41, 5.74) is 3.49. The lowest BCUT2D eigenvalue weighted by atomic mass is 10.1. The zero-order valence-corrected chi connectivity index (χ0v) is 16.0. The highest BCUT2D eigenvalue weighted by Crippen LogP contribution is 2.23. The lowest BCUT2D eigenvalue weighted by Crippen LogP contribution is -2.31. The highest BCUT2D eigenvalue weighted by molar-refractivity contribution is 6.31. The van der Waals surface area contributed by atoms with Crippen molar-refractivity contribution in [3.8, 4) is 0 Å². The Morgan fingerprint density at radius 1 is 0.923 bits per heavy atom. The first-order valence-electron chi connectivity index (χ1n) is 9.70. The molecule has 0 saturated carbocycles. The summed E-state index contributed by atoms with van der Waals surface area (Å²) in [7, 11) is 0. The fourth-order valence-electron chi connectivity index (χ4n) is 3.95. The molecule has 0 unspecified atom stereocenters. The average molecular weight is 368 g/mol. The second-order valence-electron chi connectivity index (χ2n) is 7.23. The van der Waals surface area contributed by atoms with E-state index in [9.17, 15) is 0 Å². The Bertz CT molecular complexity index is 850. The van der Waals surface area contributed by atoms with Crippen LogP contribution in [-0.4, -0.2) is 34.1 Å². The fourth-order valence-corrected chi connectivity index (χ4v) is 4.12. The molecule has 1 aliphatic rings. The summed E-state index contributed by atoms with van der Waals surface area (Å²) in [6.45, 7) is 4.71. The number of nitrogens with zero attached hydrogens (tertiary/aromatic N) is 3. The van der Waals surface area contributed by atoms with Gasteiger partial charge in [-0.05, 0) is 62.7 Å². The molecular formula is C22H26ClN3. The molecule has 136 valence electrons. The quantitative estimate of drug-likeness (QED) is 0.600. The van der Waals surface area contributed by atoms with Crippen molar-refractivity contribution in [1.82, 2.24) is 14.5 Å². The predicted molar refractivity (Wildman–Crippen MR) is 109 cm³/mol. The van der Waals surface area contributed by atoms with Crippen molar-refractivity contribution in [2.24, 2.45) is 0 Å². The van der Waals surface area contributed by atoms with Crippen molar-refractivity contribution in [3.05, 3.63) is 64.9 Å². The molecule has 1 aliphatic heterocycles. The van der Waals surface area contributed by atoms with Crippen molar-refractivity contribution in [3.63, 3.8) is 0 Å². The third kappa shape index (κ3) is 4.11. The van der Waals surface area contributed by atoms with E-state index >= 15 is 0 Å².